The molecule has 0 bridgehead atoms. The highest BCUT2D eigenvalue weighted by atomic mass is 32.2. The summed E-state index contributed by atoms with van der Waals surface area (Å²) in [6.45, 7) is -0.0904. The minimum atomic E-state index is -3.69. The van der Waals surface area contributed by atoms with Crippen molar-refractivity contribution in [1.29, 1.82) is 0 Å². The second kappa shape index (κ2) is 7.50. The zero-order valence-electron chi connectivity index (χ0n) is 10.3. The number of aliphatic hydroxyl groups excluding tert-OH is 1. The van der Waals surface area contributed by atoms with E-state index in [0.717, 1.165) is 6.07 Å². The van der Waals surface area contributed by atoms with E-state index in [2.05, 4.69) is 16.6 Å². The Morgan fingerprint density at radius 1 is 1.47 bits per heavy atom. The van der Waals surface area contributed by atoms with Crippen molar-refractivity contribution in [3.63, 3.8) is 0 Å². The molecule has 1 rings (SSSR count). The van der Waals surface area contributed by atoms with Gasteiger partial charge in [0.15, 0.2) is 0 Å². The molecule has 1 aromatic carbocycles. The second-order valence-electron chi connectivity index (χ2n) is 3.49. The van der Waals surface area contributed by atoms with Crippen molar-refractivity contribution in [2.75, 3.05) is 25.2 Å². The SMILES string of the molecule is CSCCNS(=O)(=O)c1ccc(C#CCO)c(F)c1. The molecule has 0 aliphatic heterocycles. The first kappa shape index (κ1) is 16.0. The highest BCUT2D eigenvalue weighted by Gasteiger charge is 2.15. The maximum absolute atomic E-state index is 13.6. The maximum atomic E-state index is 13.6. The summed E-state index contributed by atoms with van der Waals surface area (Å²) in [6, 6.07) is 3.48. The number of hydrogen-bond acceptors (Lipinski definition) is 4. The molecule has 0 unspecified atom stereocenters. The van der Waals surface area contributed by atoms with Crippen LogP contribution in [0.25, 0.3) is 0 Å². The number of nitrogens with one attached hydrogen (secondary N) is 1. The van der Waals surface area contributed by atoms with Gasteiger partial charge in [0.25, 0.3) is 0 Å². The van der Waals surface area contributed by atoms with Gasteiger partial charge in [-0.1, -0.05) is 11.8 Å². The van der Waals surface area contributed by atoms with Crippen molar-refractivity contribution in [3.8, 4) is 11.8 Å². The predicted molar refractivity (Wildman–Crippen MR) is 73.9 cm³/mol. The van der Waals surface area contributed by atoms with Gasteiger partial charge in [-0.25, -0.2) is 17.5 Å². The number of aliphatic hydroxyl groups is 1. The monoisotopic (exact) mass is 303 g/mol. The van der Waals surface area contributed by atoms with E-state index in [-0.39, 0.29) is 23.6 Å². The Kier molecular flexibility index (Phi) is 6.31. The Hall–Kier alpha value is -1.07. The molecule has 0 fully saturated rings. The summed E-state index contributed by atoms with van der Waals surface area (Å²) in [5.74, 6) is 4.62. The summed E-state index contributed by atoms with van der Waals surface area (Å²) < 4.78 is 39.6. The predicted octanol–water partition coefficient (Wildman–Crippen LogP) is 0.811. The van der Waals surface area contributed by atoms with Crippen LogP contribution in [-0.4, -0.2) is 38.7 Å². The van der Waals surface area contributed by atoms with Gasteiger partial charge in [0, 0.05) is 12.3 Å². The topological polar surface area (TPSA) is 66.4 Å². The number of thioether (sulfide) groups is 1. The standard InChI is InChI=1S/C12H14FNO3S2/c1-18-8-6-14-19(16,17)11-5-4-10(3-2-7-15)12(13)9-11/h4-5,9,14-15H,6-8H2,1H3. The lowest BCUT2D eigenvalue weighted by molar-refractivity contribution is 0.350. The Morgan fingerprint density at radius 3 is 2.79 bits per heavy atom. The minimum Gasteiger partial charge on any atom is -0.384 e. The summed E-state index contributed by atoms with van der Waals surface area (Å²) >= 11 is 1.51. The van der Waals surface area contributed by atoms with Crippen LogP contribution in [0.15, 0.2) is 23.1 Å². The van der Waals surface area contributed by atoms with Crippen molar-refractivity contribution in [2.24, 2.45) is 0 Å². The summed E-state index contributed by atoms with van der Waals surface area (Å²) in [5.41, 5.74) is 0.0529. The lowest BCUT2D eigenvalue weighted by atomic mass is 10.2. The van der Waals surface area contributed by atoms with E-state index in [1.54, 1.807) is 0 Å². The van der Waals surface area contributed by atoms with E-state index in [1.807, 2.05) is 6.26 Å². The zero-order chi connectivity index (χ0) is 14.3. The van der Waals surface area contributed by atoms with Gasteiger partial charge in [0.1, 0.15) is 12.4 Å². The number of sulfonamides is 1. The van der Waals surface area contributed by atoms with Gasteiger partial charge < -0.3 is 5.11 Å². The molecule has 0 aliphatic carbocycles. The van der Waals surface area contributed by atoms with Gasteiger partial charge in [-0.2, -0.15) is 11.8 Å². The van der Waals surface area contributed by atoms with Crippen molar-refractivity contribution in [1.82, 2.24) is 4.72 Å². The third kappa shape index (κ3) is 4.84. The molecule has 1 aromatic rings. The van der Waals surface area contributed by atoms with Crippen molar-refractivity contribution in [3.05, 3.63) is 29.6 Å². The summed E-state index contributed by atoms with van der Waals surface area (Å²) in [4.78, 5) is -0.138. The third-order valence-corrected chi connectivity index (χ3v) is 4.22. The first-order chi connectivity index (χ1) is 9.01. The van der Waals surface area contributed by atoms with Crippen LogP contribution in [0.4, 0.5) is 4.39 Å². The summed E-state index contributed by atoms with van der Waals surface area (Å²) in [6.07, 6.45) is 1.86. The molecule has 0 aromatic heterocycles. The molecule has 0 aliphatic rings. The van der Waals surface area contributed by atoms with E-state index in [0.29, 0.717) is 5.75 Å². The Bertz CT molecular complexity index is 591. The van der Waals surface area contributed by atoms with E-state index >= 15 is 0 Å². The normalized spacial score (nSPS) is 10.9. The molecule has 0 saturated heterocycles. The highest BCUT2D eigenvalue weighted by Crippen LogP contribution is 2.14. The maximum Gasteiger partial charge on any atom is 0.240 e. The van der Waals surface area contributed by atoms with E-state index in [1.165, 1.54) is 23.9 Å². The minimum absolute atomic E-state index is 0.0529. The molecular weight excluding hydrogens is 289 g/mol. The fraction of sp³-hybridized carbons (Fsp3) is 0.333. The first-order valence-corrected chi connectivity index (χ1v) is 8.27. The zero-order valence-corrected chi connectivity index (χ0v) is 11.9. The lowest BCUT2D eigenvalue weighted by Crippen LogP contribution is -2.26. The van der Waals surface area contributed by atoms with Gasteiger partial charge in [0.05, 0.1) is 10.5 Å². The molecule has 0 radical (unpaired) electrons. The second-order valence-corrected chi connectivity index (χ2v) is 6.24. The van der Waals surface area contributed by atoms with Crippen molar-refractivity contribution >= 4 is 21.8 Å². The molecule has 0 heterocycles. The van der Waals surface area contributed by atoms with Gasteiger partial charge in [-0.05, 0) is 24.5 Å². The smallest absolute Gasteiger partial charge is 0.240 e. The molecule has 0 amide bonds. The number of benzene rings is 1. The molecular formula is C12H14FNO3S2. The lowest BCUT2D eigenvalue weighted by Gasteiger charge is -2.06. The third-order valence-electron chi connectivity index (χ3n) is 2.15. The van der Waals surface area contributed by atoms with Crippen LogP contribution in [0.5, 0.6) is 0 Å². The molecule has 0 atom stereocenters. The van der Waals surface area contributed by atoms with Crippen LogP contribution in [0, 0.1) is 17.7 Å². The number of rotatable bonds is 5. The summed E-state index contributed by atoms with van der Waals surface area (Å²) in [5, 5.41) is 8.52. The highest BCUT2D eigenvalue weighted by molar-refractivity contribution is 7.98. The average Bonchev–Trinajstić information content (AvgIpc) is 2.37. The molecule has 7 heteroatoms. The Balaban J connectivity index is 2.94. The Labute approximate surface area is 116 Å². The van der Waals surface area contributed by atoms with Crippen LogP contribution < -0.4 is 4.72 Å². The van der Waals surface area contributed by atoms with Crippen LogP contribution in [0.3, 0.4) is 0 Å². The van der Waals surface area contributed by atoms with Gasteiger partial charge >= 0.3 is 0 Å². The van der Waals surface area contributed by atoms with Gasteiger partial charge in [-0.3, -0.25) is 0 Å². The van der Waals surface area contributed by atoms with E-state index in [4.69, 9.17) is 5.11 Å². The molecule has 19 heavy (non-hydrogen) atoms. The van der Waals surface area contributed by atoms with E-state index in [9.17, 15) is 12.8 Å². The fourth-order valence-corrected chi connectivity index (χ4v) is 2.74. The van der Waals surface area contributed by atoms with Crippen LogP contribution in [0.2, 0.25) is 0 Å². The largest absolute Gasteiger partial charge is 0.384 e. The average molecular weight is 303 g/mol. The molecule has 2 N–H and O–H groups in total. The van der Waals surface area contributed by atoms with Crippen LogP contribution >= 0.6 is 11.8 Å². The molecule has 0 spiro atoms. The van der Waals surface area contributed by atoms with E-state index < -0.39 is 15.8 Å². The molecule has 0 saturated carbocycles. The summed E-state index contributed by atoms with van der Waals surface area (Å²) in [7, 11) is -3.69. The van der Waals surface area contributed by atoms with Crippen LogP contribution in [0.1, 0.15) is 5.56 Å². The number of halogens is 1. The first-order valence-electron chi connectivity index (χ1n) is 5.39. The Morgan fingerprint density at radius 2 is 2.21 bits per heavy atom. The molecule has 104 valence electrons. The van der Waals surface area contributed by atoms with Crippen LogP contribution in [-0.2, 0) is 10.0 Å². The quantitative estimate of drug-likeness (QED) is 0.624. The van der Waals surface area contributed by atoms with Crippen molar-refractivity contribution in [2.45, 2.75) is 4.90 Å². The van der Waals surface area contributed by atoms with Gasteiger partial charge in [-0.15, -0.1) is 0 Å². The molecule has 4 nitrogen and oxygen atoms in total. The van der Waals surface area contributed by atoms with Crippen molar-refractivity contribution < 1.29 is 17.9 Å². The number of hydrogen-bond donors (Lipinski definition) is 2. The fourth-order valence-electron chi connectivity index (χ4n) is 1.26. The van der Waals surface area contributed by atoms with Gasteiger partial charge in [0.2, 0.25) is 10.0 Å².